The van der Waals surface area contributed by atoms with Crippen molar-refractivity contribution in [2.45, 2.75) is 18.4 Å². The maximum Gasteiger partial charge on any atom is 0.337 e. The molecule has 0 aliphatic rings. The summed E-state index contributed by atoms with van der Waals surface area (Å²) < 4.78 is 29.7. The Hall–Kier alpha value is -3.71. The Bertz CT molecular complexity index is 1530. The minimum atomic E-state index is -3.26. The lowest BCUT2D eigenvalue weighted by molar-refractivity contribution is 0.0600. The monoisotopic (exact) mass is 461 g/mol. The van der Waals surface area contributed by atoms with E-state index in [0.717, 1.165) is 33.9 Å². The summed E-state index contributed by atoms with van der Waals surface area (Å²) in [7, 11) is -1.91. The Labute approximate surface area is 192 Å². The first kappa shape index (κ1) is 22.5. The molecule has 0 aliphatic heterocycles. The van der Waals surface area contributed by atoms with E-state index in [4.69, 9.17) is 4.74 Å². The molecule has 1 heterocycles. The molecule has 6 nitrogen and oxygen atoms in total. The van der Waals surface area contributed by atoms with Gasteiger partial charge in [0.2, 0.25) is 0 Å². The number of esters is 1. The molecule has 0 fully saturated rings. The molecule has 0 unspecified atom stereocenters. The molecular formula is C26H23NO5S. The van der Waals surface area contributed by atoms with Crippen LogP contribution in [0, 0.1) is 6.92 Å². The van der Waals surface area contributed by atoms with Crippen LogP contribution in [0.4, 0.5) is 0 Å². The number of hydrogen-bond acceptors (Lipinski definition) is 5. The predicted molar refractivity (Wildman–Crippen MR) is 128 cm³/mol. The Kier molecular flexibility index (Phi) is 5.91. The highest BCUT2D eigenvalue weighted by atomic mass is 32.2. The molecule has 3 aromatic carbocycles. The summed E-state index contributed by atoms with van der Waals surface area (Å²) in [5, 5.41) is 1.37. The molecule has 0 N–H and O–H groups in total. The number of benzene rings is 3. The van der Waals surface area contributed by atoms with Gasteiger partial charge in [0, 0.05) is 17.8 Å². The van der Waals surface area contributed by atoms with Crippen molar-refractivity contribution in [1.29, 1.82) is 0 Å². The number of aromatic nitrogens is 1. The van der Waals surface area contributed by atoms with Gasteiger partial charge in [-0.2, -0.15) is 0 Å². The van der Waals surface area contributed by atoms with Crippen molar-refractivity contribution < 1.29 is 17.9 Å². The van der Waals surface area contributed by atoms with E-state index in [1.165, 1.54) is 7.11 Å². The van der Waals surface area contributed by atoms with Gasteiger partial charge in [-0.3, -0.25) is 4.79 Å². The van der Waals surface area contributed by atoms with E-state index >= 15 is 0 Å². The molecule has 0 aliphatic carbocycles. The van der Waals surface area contributed by atoms with E-state index in [1.807, 2.05) is 31.2 Å². The summed E-state index contributed by atoms with van der Waals surface area (Å²) in [4.78, 5) is 25.2. The molecule has 33 heavy (non-hydrogen) atoms. The molecule has 0 spiro atoms. The largest absolute Gasteiger partial charge is 0.465 e. The van der Waals surface area contributed by atoms with E-state index in [9.17, 15) is 18.0 Å². The number of aryl methyl sites for hydroxylation is 1. The topological polar surface area (TPSA) is 82.4 Å². The number of pyridine rings is 1. The van der Waals surface area contributed by atoms with Crippen LogP contribution in [0.25, 0.3) is 21.9 Å². The highest BCUT2D eigenvalue weighted by Gasteiger charge is 2.12. The van der Waals surface area contributed by atoms with Gasteiger partial charge >= 0.3 is 5.97 Å². The number of ether oxygens (including phenoxy) is 1. The molecule has 0 saturated heterocycles. The van der Waals surface area contributed by atoms with E-state index in [1.54, 1.807) is 53.2 Å². The van der Waals surface area contributed by atoms with Gasteiger partial charge in [-0.1, -0.05) is 24.3 Å². The molecule has 4 rings (SSSR count). The second-order valence-corrected chi connectivity index (χ2v) is 10.0. The van der Waals surface area contributed by atoms with Crippen LogP contribution in [0.1, 0.15) is 21.5 Å². The smallest absolute Gasteiger partial charge is 0.337 e. The molecular weight excluding hydrogens is 438 g/mol. The zero-order valence-corrected chi connectivity index (χ0v) is 19.3. The minimum Gasteiger partial charge on any atom is -0.465 e. The van der Waals surface area contributed by atoms with Crippen molar-refractivity contribution in [3.8, 4) is 11.1 Å². The first-order valence-electron chi connectivity index (χ1n) is 10.3. The summed E-state index contributed by atoms with van der Waals surface area (Å²) >= 11 is 0. The number of carbonyl (C=O) groups excluding carboxylic acids is 1. The third kappa shape index (κ3) is 4.59. The predicted octanol–water partition coefficient (Wildman–Crippen LogP) is 4.22. The standard InChI is InChI=1S/C26H23NO5S/c1-17-4-7-21(26(29)32-2)15-24(17)19-8-11-23-20(14-19)12-13-27(25(23)28)16-18-5-9-22(10-6-18)33(3,30)31/h4-15H,16H2,1-3H3. The average Bonchev–Trinajstić information content (AvgIpc) is 2.80. The highest BCUT2D eigenvalue weighted by Crippen LogP contribution is 2.27. The second-order valence-electron chi connectivity index (χ2n) is 7.99. The fourth-order valence-electron chi connectivity index (χ4n) is 3.80. The molecule has 7 heteroatoms. The van der Waals surface area contributed by atoms with E-state index in [-0.39, 0.29) is 10.5 Å². The van der Waals surface area contributed by atoms with Crippen molar-refractivity contribution in [1.82, 2.24) is 4.57 Å². The summed E-state index contributed by atoms with van der Waals surface area (Å²) in [5.41, 5.74) is 3.97. The lowest BCUT2D eigenvalue weighted by Crippen LogP contribution is -2.20. The third-order valence-corrected chi connectivity index (χ3v) is 6.78. The SMILES string of the molecule is COC(=O)c1ccc(C)c(-c2ccc3c(=O)n(Cc4ccc(S(C)(=O)=O)cc4)ccc3c2)c1. The van der Waals surface area contributed by atoms with E-state index in [0.29, 0.717) is 17.5 Å². The lowest BCUT2D eigenvalue weighted by atomic mass is 9.96. The normalized spacial score (nSPS) is 11.5. The van der Waals surface area contributed by atoms with Gasteiger partial charge in [0.25, 0.3) is 5.56 Å². The van der Waals surface area contributed by atoms with Gasteiger partial charge in [-0.05, 0) is 77.0 Å². The number of fused-ring (bicyclic) bond motifs is 1. The van der Waals surface area contributed by atoms with Crippen LogP contribution in [0.3, 0.4) is 0 Å². The maximum atomic E-state index is 13.1. The summed E-state index contributed by atoms with van der Waals surface area (Å²) in [6.07, 6.45) is 2.90. The maximum absolute atomic E-state index is 13.1. The fourth-order valence-corrected chi connectivity index (χ4v) is 4.43. The summed E-state index contributed by atoms with van der Waals surface area (Å²) in [6, 6.07) is 19.4. The van der Waals surface area contributed by atoms with Gasteiger partial charge < -0.3 is 9.30 Å². The van der Waals surface area contributed by atoms with Gasteiger partial charge in [0.05, 0.1) is 24.1 Å². The zero-order valence-electron chi connectivity index (χ0n) is 18.5. The van der Waals surface area contributed by atoms with Crippen molar-refractivity contribution in [2.75, 3.05) is 13.4 Å². The molecule has 0 amide bonds. The summed E-state index contributed by atoms with van der Waals surface area (Å²) in [5.74, 6) is -0.399. The quantitative estimate of drug-likeness (QED) is 0.416. The van der Waals surface area contributed by atoms with Gasteiger partial charge in [-0.15, -0.1) is 0 Å². The molecule has 168 valence electrons. The molecule has 0 bridgehead atoms. The lowest BCUT2D eigenvalue weighted by Gasteiger charge is -2.11. The number of nitrogens with zero attached hydrogens (tertiary/aromatic N) is 1. The number of methoxy groups -OCH3 is 1. The molecule has 4 aromatic rings. The Morgan fingerprint density at radius 3 is 2.36 bits per heavy atom. The minimum absolute atomic E-state index is 0.133. The fraction of sp³-hybridized carbons (Fsp3) is 0.154. The van der Waals surface area contributed by atoms with E-state index in [2.05, 4.69) is 0 Å². The van der Waals surface area contributed by atoms with Gasteiger partial charge in [-0.25, -0.2) is 13.2 Å². The molecule has 0 saturated carbocycles. The van der Waals surface area contributed by atoms with Gasteiger partial charge in [0.1, 0.15) is 0 Å². The second kappa shape index (κ2) is 8.67. The van der Waals surface area contributed by atoms with Crippen LogP contribution in [0.5, 0.6) is 0 Å². The number of sulfone groups is 1. The van der Waals surface area contributed by atoms with Crippen LogP contribution in [0.2, 0.25) is 0 Å². The zero-order chi connectivity index (χ0) is 23.8. The molecule has 1 aromatic heterocycles. The number of rotatable bonds is 5. The van der Waals surface area contributed by atoms with Crippen molar-refractivity contribution in [3.05, 3.63) is 100.0 Å². The van der Waals surface area contributed by atoms with Crippen molar-refractivity contribution >= 4 is 26.6 Å². The Morgan fingerprint density at radius 2 is 1.70 bits per heavy atom. The highest BCUT2D eigenvalue weighted by molar-refractivity contribution is 7.90. The van der Waals surface area contributed by atoms with Crippen LogP contribution < -0.4 is 5.56 Å². The third-order valence-electron chi connectivity index (χ3n) is 5.65. The first-order chi connectivity index (χ1) is 15.7. The molecule has 0 radical (unpaired) electrons. The van der Waals surface area contributed by atoms with Crippen LogP contribution >= 0.6 is 0 Å². The van der Waals surface area contributed by atoms with Crippen molar-refractivity contribution in [3.63, 3.8) is 0 Å². The average molecular weight is 462 g/mol. The van der Waals surface area contributed by atoms with Crippen molar-refractivity contribution in [2.24, 2.45) is 0 Å². The summed E-state index contributed by atoms with van der Waals surface area (Å²) in [6.45, 7) is 2.30. The number of hydrogen-bond donors (Lipinski definition) is 0. The van der Waals surface area contributed by atoms with Gasteiger partial charge in [0.15, 0.2) is 9.84 Å². The van der Waals surface area contributed by atoms with Crippen LogP contribution in [-0.4, -0.2) is 32.3 Å². The van der Waals surface area contributed by atoms with E-state index < -0.39 is 15.8 Å². The van der Waals surface area contributed by atoms with Crippen LogP contribution in [-0.2, 0) is 21.1 Å². The number of carbonyl (C=O) groups is 1. The van der Waals surface area contributed by atoms with Crippen LogP contribution in [0.15, 0.2) is 82.6 Å². The Morgan fingerprint density at radius 1 is 0.970 bits per heavy atom. The first-order valence-corrected chi connectivity index (χ1v) is 12.2. The Balaban J connectivity index is 1.69. The molecule has 0 atom stereocenters.